The zero-order chi connectivity index (χ0) is 12.3. The molecular weight excluding hydrogens is 220 g/mol. The Morgan fingerprint density at radius 3 is 2.53 bits per heavy atom. The third kappa shape index (κ3) is 3.40. The van der Waals surface area contributed by atoms with Crippen LogP contribution in [-0.4, -0.2) is 58.9 Å². The normalized spacial score (nSPS) is 34.0. The molecule has 3 N–H and O–H groups in total. The van der Waals surface area contributed by atoms with Gasteiger partial charge in [0, 0.05) is 25.6 Å². The van der Waals surface area contributed by atoms with Crippen molar-refractivity contribution in [2.45, 2.75) is 50.4 Å². The number of nitrogens with one attached hydrogen (secondary N) is 1. The molecule has 2 fully saturated rings. The van der Waals surface area contributed by atoms with Crippen LogP contribution in [0.25, 0.3) is 0 Å². The van der Waals surface area contributed by atoms with E-state index in [-0.39, 0.29) is 19.0 Å². The molecule has 5 heteroatoms. The molecule has 98 valence electrons. The van der Waals surface area contributed by atoms with Gasteiger partial charge in [-0.15, -0.1) is 0 Å². The van der Waals surface area contributed by atoms with Crippen molar-refractivity contribution >= 4 is 5.91 Å². The summed E-state index contributed by atoms with van der Waals surface area (Å²) in [6.45, 7) is 1.61. The first-order chi connectivity index (χ1) is 8.16. The first-order valence-corrected chi connectivity index (χ1v) is 6.54. The molecular formula is C12H22N2O3. The van der Waals surface area contributed by atoms with Gasteiger partial charge in [-0.2, -0.15) is 0 Å². The zero-order valence-electron chi connectivity index (χ0n) is 10.1. The average Bonchev–Trinajstić information content (AvgIpc) is 2.68. The number of rotatable bonds is 3. The van der Waals surface area contributed by atoms with Crippen LogP contribution in [0.1, 0.15) is 32.1 Å². The number of piperidine rings is 1. The molecule has 2 aliphatic rings. The van der Waals surface area contributed by atoms with Crippen molar-refractivity contribution in [2.75, 3.05) is 19.6 Å². The van der Waals surface area contributed by atoms with Crippen molar-refractivity contribution in [3.8, 4) is 0 Å². The van der Waals surface area contributed by atoms with E-state index in [1.165, 1.54) is 12.8 Å². The second-order valence-electron chi connectivity index (χ2n) is 5.12. The Morgan fingerprint density at radius 1 is 1.24 bits per heavy atom. The number of amides is 1. The molecule has 2 heterocycles. The number of hydrogen-bond acceptors (Lipinski definition) is 4. The molecule has 2 aliphatic heterocycles. The summed E-state index contributed by atoms with van der Waals surface area (Å²) in [4.78, 5) is 13.4. The van der Waals surface area contributed by atoms with Crippen molar-refractivity contribution in [3.63, 3.8) is 0 Å². The minimum absolute atomic E-state index is 0.0490. The molecule has 0 saturated carbocycles. The Balaban J connectivity index is 1.70. The fourth-order valence-corrected chi connectivity index (χ4v) is 2.60. The summed E-state index contributed by atoms with van der Waals surface area (Å²) in [7, 11) is 0. The van der Waals surface area contributed by atoms with E-state index in [1.54, 1.807) is 4.90 Å². The number of β-amino-alcohol motifs (C(OH)–C–C–N with tert-alkyl or cyclic N) is 2. The van der Waals surface area contributed by atoms with E-state index < -0.39 is 12.2 Å². The van der Waals surface area contributed by atoms with E-state index in [1.807, 2.05) is 0 Å². The predicted molar refractivity (Wildman–Crippen MR) is 63.5 cm³/mol. The van der Waals surface area contributed by atoms with Crippen molar-refractivity contribution < 1.29 is 15.0 Å². The summed E-state index contributed by atoms with van der Waals surface area (Å²) < 4.78 is 0. The standard InChI is InChI=1S/C12H22N2O3/c15-10-7-14(8-11(10)16)12(17)5-4-9-3-1-2-6-13-9/h9-11,13,15-16H,1-8H2/t9?,10-,11+. The molecule has 0 radical (unpaired) electrons. The first-order valence-electron chi connectivity index (χ1n) is 6.54. The Kier molecular flexibility index (Phi) is 4.36. The lowest BCUT2D eigenvalue weighted by Gasteiger charge is -2.24. The van der Waals surface area contributed by atoms with Crippen LogP contribution in [0.3, 0.4) is 0 Å². The molecule has 17 heavy (non-hydrogen) atoms. The Labute approximate surface area is 102 Å². The minimum atomic E-state index is -0.772. The molecule has 0 aromatic heterocycles. The Hall–Kier alpha value is -0.650. The summed E-state index contributed by atoms with van der Waals surface area (Å²) in [6, 6.07) is 0.463. The van der Waals surface area contributed by atoms with E-state index in [0.29, 0.717) is 12.5 Å². The van der Waals surface area contributed by atoms with Gasteiger partial charge >= 0.3 is 0 Å². The number of aliphatic hydroxyl groups excluding tert-OH is 2. The summed E-state index contributed by atoms with van der Waals surface area (Å²) in [5, 5.41) is 22.2. The summed E-state index contributed by atoms with van der Waals surface area (Å²) >= 11 is 0. The SMILES string of the molecule is O=C(CCC1CCCCN1)N1C[C@@H](O)[C@@H](O)C1. The Bertz CT molecular complexity index is 256. The van der Waals surface area contributed by atoms with Gasteiger partial charge in [0.25, 0.3) is 0 Å². The van der Waals surface area contributed by atoms with Crippen LogP contribution < -0.4 is 5.32 Å². The molecule has 0 aliphatic carbocycles. The number of carbonyl (C=O) groups excluding carboxylic acids is 1. The van der Waals surface area contributed by atoms with Gasteiger partial charge in [0.15, 0.2) is 0 Å². The van der Waals surface area contributed by atoms with Crippen molar-refractivity contribution in [1.82, 2.24) is 10.2 Å². The maximum atomic E-state index is 11.9. The highest BCUT2D eigenvalue weighted by Gasteiger charge is 2.32. The van der Waals surface area contributed by atoms with Gasteiger partial charge in [-0.05, 0) is 25.8 Å². The van der Waals surface area contributed by atoms with E-state index in [2.05, 4.69) is 5.32 Å². The van der Waals surface area contributed by atoms with Crippen molar-refractivity contribution in [3.05, 3.63) is 0 Å². The number of hydrogen-bond donors (Lipinski definition) is 3. The molecule has 5 nitrogen and oxygen atoms in total. The minimum Gasteiger partial charge on any atom is -0.388 e. The summed E-state index contributed by atoms with van der Waals surface area (Å²) in [5.74, 6) is 0.0490. The van der Waals surface area contributed by atoms with Gasteiger partial charge in [0.1, 0.15) is 0 Å². The van der Waals surface area contributed by atoms with E-state index in [4.69, 9.17) is 0 Å². The monoisotopic (exact) mass is 242 g/mol. The smallest absolute Gasteiger partial charge is 0.222 e. The van der Waals surface area contributed by atoms with Gasteiger partial charge in [0.2, 0.25) is 5.91 Å². The lowest BCUT2D eigenvalue weighted by Crippen LogP contribution is -2.36. The van der Waals surface area contributed by atoms with Crippen LogP contribution in [0, 0.1) is 0 Å². The van der Waals surface area contributed by atoms with Crippen molar-refractivity contribution in [2.24, 2.45) is 0 Å². The summed E-state index contributed by atoms with van der Waals surface area (Å²) in [5.41, 5.74) is 0. The molecule has 3 atom stereocenters. The third-order valence-electron chi connectivity index (χ3n) is 3.73. The lowest BCUT2D eigenvalue weighted by molar-refractivity contribution is -0.130. The van der Waals surface area contributed by atoms with Gasteiger partial charge in [-0.1, -0.05) is 6.42 Å². The number of nitrogens with zero attached hydrogens (tertiary/aromatic N) is 1. The van der Waals surface area contributed by atoms with Crippen LogP contribution in [-0.2, 0) is 4.79 Å². The second-order valence-corrected chi connectivity index (χ2v) is 5.12. The van der Waals surface area contributed by atoms with Gasteiger partial charge in [-0.25, -0.2) is 0 Å². The highest BCUT2D eigenvalue weighted by Crippen LogP contribution is 2.15. The molecule has 0 aromatic rings. The molecule has 0 aromatic carbocycles. The van der Waals surface area contributed by atoms with Crippen LogP contribution in [0.2, 0.25) is 0 Å². The molecule has 0 bridgehead atoms. The van der Waals surface area contributed by atoms with Crippen LogP contribution in [0.4, 0.5) is 0 Å². The molecule has 2 saturated heterocycles. The van der Waals surface area contributed by atoms with Gasteiger partial charge in [0.05, 0.1) is 12.2 Å². The molecule has 1 amide bonds. The third-order valence-corrected chi connectivity index (χ3v) is 3.73. The number of carbonyl (C=O) groups is 1. The molecule has 0 spiro atoms. The first kappa shape index (κ1) is 12.8. The maximum absolute atomic E-state index is 11.9. The Morgan fingerprint density at radius 2 is 1.94 bits per heavy atom. The molecule has 1 unspecified atom stereocenters. The van der Waals surface area contributed by atoms with Gasteiger partial charge in [-0.3, -0.25) is 4.79 Å². The summed E-state index contributed by atoms with van der Waals surface area (Å²) in [6.07, 6.45) is 3.46. The van der Waals surface area contributed by atoms with E-state index >= 15 is 0 Å². The largest absolute Gasteiger partial charge is 0.388 e. The lowest BCUT2D eigenvalue weighted by atomic mass is 10.0. The van der Waals surface area contributed by atoms with Crippen LogP contribution in [0.5, 0.6) is 0 Å². The fraction of sp³-hybridized carbons (Fsp3) is 0.917. The van der Waals surface area contributed by atoms with Crippen molar-refractivity contribution in [1.29, 1.82) is 0 Å². The van der Waals surface area contributed by atoms with Gasteiger partial charge < -0.3 is 20.4 Å². The number of aliphatic hydroxyl groups is 2. The van der Waals surface area contributed by atoms with Crippen LogP contribution in [0.15, 0.2) is 0 Å². The number of likely N-dealkylation sites (tertiary alicyclic amines) is 1. The van der Waals surface area contributed by atoms with E-state index in [0.717, 1.165) is 19.4 Å². The predicted octanol–water partition coefficient (Wildman–Crippen LogP) is -0.527. The van der Waals surface area contributed by atoms with Crippen LogP contribution >= 0.6 is 0 Å². The highest BCUT2D eigenvalue weighted by atomic mass is 16.3. The quantitative estimate of drug-likeness (QED) is 0.622. The molecule has 2 rings (SSSR count). The zero-order valence-corrected chi connectivity index (χ0v) is 10.1. The maximum Gasteiger partial charge on any atom is 0.222 e. The second kappa shape index (κ2) is 5.80. The fourth-order valence-electron chi connectivity index (χ4n) is 2.60. The average molecular weight is 242 g/mol. The topological polar surface area (TPSA) is 72.8 Å². The highest BCUT2D eigenvalue weighted by molar-refractivity contribution is 5.76. The van der Waals surface area contributed by atoms with E-state index in [9.17, 15) is 15.0 Å².